The molecular formula is C16H12BrIO4. The fourth-order valence-electron chi connectivity index (χ4n) is 1.76. The zero-order valence-corrected chi connectivity index (χ0v) is 15.3. The first-order valence-corrected chi connectivity index (χ1v) is 8.18. The first kappa shape index (κ1) is 17.0. The molecule has 22 heavy (non-hydrogen) atoms. The Morgan fingerprint density at radius 1 is 1.05 bits per heavy atom. The Bertz CT molecular complexity index is 668. The number of carbonyl (C=O) groups is 2. The van der Waals surface area contributed by atoms with Crippen LogP contribution in [0.15, 0.2) is 53.0 Å². The molecule has 0 saturated carbocycles. The number of carbonyl (C=O) groups excluding carboxylic acids is 2. The summed E-state index contributed by atoms with van der Waals surface area (Å²) in [5.41, 5.74) is 0.931. The number of hydrogen-bond acceptors (Lipinski definition) is 4. The van der Waals surface area contributed by atoms with Gasteiger partial charge in [-0.2, -0.15) is 0 Å². The molecule has 0 heterocycles. The van der Waals surface area contributed by atoms with Crippen LogP contribution in [0.5, 0.6) is 0 Å². The van der Waals surface area contributed by atoms with Gasteiger partial charge in [-0.25, -0.2) is 9.59 Å². The van der Waals surface area contributed by atoms with E-state index < -0.39 is 18.0 Å². The Kier molecular flexibility index (Phi) is 5.96. The highest BCUT2D eigenvalue weighted by atomic mass is 127. The van der Waals surface area contributed by atoms with Gasteiger partial charge in [0.2, 0.25) is 6.10 Å². The van der Waals surface area contributed by atoms with Gasteiger partial charge in [0.05, 0.1) is 12.7 Å². The van der Waals surface area contributed by atoms with Crippen molar-refractivity contribution in [1.82, 2.24) is 0 Å². The van der Waals surface area contributed by atoms with Gasteiger partial charge in [0.25, 0.3) is 0 Å². The fourth-order valence-corrected chi connectivity index (χ4v) is 2.38. The van der Waals surface area contributed by atoms with E-state index in [0.717, 1.165) is 8.04 Å². The van der Waals surface area contributed by atoms with Crippen molar-refractivity contribution in [1.29, 1.82) is 0 Å². The van der Waals surface area contributed by atoms with Gasteiger partial charge in [-0.05, 0) is 59.0 Å². The first-order valence-electron chi connectivity index (χ1n) is 6.31. The van der Waals surface area contributed by atoms with E-state index in [1.165, 1.54) is 7.11 Å². The Morgan fingerprint density at radius 2 is 1.64 bits per heavy atom. The molecule has 0 fully saturated rings. The monoisotopic (exact) mass is 474 g/mol. The number of benzene rings is 2. The van der Waals surface area contributed by atoms with Gasteiger partial charge < -0.3 is 9.47 Å². The third-order valence-electron chi connectivity index (χ3n) is 2.89. The minimum absolute atomic E-state index is 0.381. The van der Waals surface area contributed by atoms with Gasteiger partial charge in [-0.1, -0.05) is 28.1 Å². The smallest absolute Gasteiger partial charge is 0.351 e. The minimum Gasteiger partial charge on any atom is -0.466 e. The summed E-state index contributed by atoms with van der Waals surface area (Å²) in [5.74, 6) is -1.20. The molecule has 2 aromatic rings. The molecule has 0 aliphatic heterocycles. The molecule has 0 aliphatic carbocycles. The average Bonchev–Trinajstić information content (AvgIpc) is 2.53. The lowest BCUT2D eigenvalue weighted by molar-refractivity contribution is -0.151. The second-order valence-corrected chi connectivity index (χ2v) is 6.53. The van der Waals surface area contributed by atoms with Gasteiger partial charge >= 0.3 is 11.9 Å². The minimum atomic E-state index is -1.09. The summed E-state index contributed by atoms with van der Waals surface area (Å²) in [6.45, 7) is 0. The predicted octanol–water partition coefficient (Wildman–Crippen LogP) is 4.12. The lowest BCUT2D eigenvalue weighted by Gasteiger charge is -2.16. The molecule has 1 unspecified atom stereocenters. The van der Waals surface area contributed by atoms with Crippen LogP contribution in [-0.4, -0.2) is 19.0 Å². The van der Waals surface area contributed by atoms with Crippen LogP contribution in [0, 0.1) is 3.57 Å². The van der Waals surface area contributed by atoms with Crippen LogP contribution < -0.4 is 0 Å². The quantitative estimate of drug-likeness (QED) is 0.494. The molecular weight excluding hydrogens is 463 g/mol. The molecule has 0 radical (unpaired) electrons. The number of esters is 2. The highest BCUT2D eigenvalue weighted by Crippen LogP contribution is 2.23. The number of halogens is 2. The molecule has 2 rings (SSSR count). The van der Waals surface area contributed by atoms with Crippen molar-refractivity contribution < 1.29 is 19.1 Å². The van der Waals surface area contributed by atoms with E-state index in [-0.39, 0.29) is 0 Å². The normalized spacial score (nSPS) is 11.6. The molecule has 1 atom stereocenters. The molecule has 0 spiro atoms. The summed E-state index contributed by atoms with van der Waals surface area (Å²) >= 11 is 5.46. The van der Waals surface area contributed by atoms with E-state index in [9.17, 15) is 9.59 Å². The first-order chi connectivity index (χ1) is 10.5. The zero-order chi connectivity index (χ0) is 16.1. The molecule has 0 bridgehead atoms. The van der Waals surface area contributed by atoms with Gasteiger partial charge in [-0.3, -0.25) is 0 Å². The summed E-state index contributed by atoms with van der Waals surface area (Å²) in [6.07, 6.45) is -1.09. The number of ether oxygens (including phenoxy) is 2. The SMILES string of the molecule is COC(=O)C(OC(=O)c1ccc(I)cc1)c1ccc(Br)cc1. The molecule has 0 amide bonds. The highest BCUT2D eigenvalue weighted by Gasteiger charge is 2.26. The summed E-state index contributed by atoms with van der Waals surface area (Å²) in [5, 5.41) is 0. The van der Waals surface area contributed by atoms with Gasteiger partial charge in [-0.15, -0.1) is 0 Å². The van der Waals surface area contributed by atoms with Crippen LogP contribution in [-0.2, 0) is 14.3 Å². The Morgan fingerprint density at radius 3 is 2.18 bits per heavy atom. The van der Waals surface area contributed by atoms with E-state index in [2.05, 4.69) is 38.5 Å². The van der Waals surface area contributed by atoms with Crippen molar-refractivity contribution in [2.24, 2.45) is 0 Å². The zero-order valence-electron chi connectivity index (χ0n) is 11.6. The van der Waals surface area contributed by atoms with Crippen molar-refractivity contribution in [3.63, 3.8) is 0 Å². The Hall–Kier alpha value is -1.41. The Balaban J connectivity index is 2.23. The molecule has 0 aromatic heterocycles. The van der Waals surface area contributed by atoms with E-state index in [1.807, 2.05) is 0 Å². The van der Waals surface area contributed by atoms with E-state index >= 15 is 0 Å². The topological polar surface area (TPSA) is 52.6 Å². The number of hydrogen-bond donors (Lipinski definition) is 0. The van der Waals surface area contributed by atoms with E-state index in [0.29, 0.717) is 11.1 Å². The largest absolute Gasteiger partial charge is 0.466 e. The maximum atomic E-state index is 12.2. The maximum Gasteiger partial charge on any atom is 0.351 e. The van der Waals surface area contributed by atoms with E-state index in [4.69, 9.17) is 9.47 Å². The third kappa shape index (κ3) is 4.30. The number of methoxy groups -OCH3 is 1. The third-order valence-corrected chi connectivity index (χ3v) is 4.14. The summed E-state index contributed by atoms with van der Waals surface area (Å²) in [6, 6.07) is 13.8. The molecule has 0 saturated heterocycles. The van der Waals surface area contributed by atoms with Crippen LogP contribution >= 0.6 is 38.5 Å². The number of rotatable bonds is 4. The van der Waals surface area contributed by atoms with Crippen LogP contribution in [0.1, 0.15) is 22.0 Å². The Labute approximate surface area is 150 Å². The second kappa shape index (κ2) is 7.73. The lowest BCUT2D eigenvalue weighted by Crippen LogP contribution is -2.21. The summed E-state index contributed by atoms with van der Waals surface area (Å²) in [4.78, 5) is 24.1. The standard InChI is InChI=1S/C16H12BrIO4/c1-21-16(20)14(10-2-6-12(17)7-3-10)22-15(19)11-4-8-13(18)9-5-11/h2-9,14H,1H3. The predicted molar refractivity (Wildman–Crippen MR) is 93.5 cm³/mol. The van der Waals surface area contributed by atoms with Gasteiger partial charge in [0.1, 0.15) is 0 Å². The molecule has 0 aliphatic rings. The molecule has 0 N–H and O–H groups in total. The second-order valence-electron chi connectivity index (χ2n) is 4.37. The maximum absolute atomic E-state index is 12.2. The summed E-state index contributed by atoms with van der Waals surface area (Å²) in [7, 11) is 1.26. The molecule has 6 heteroatoms. The van der Waals surface area contributed by atoms with Crippen LogP contribution in [0.3, 0.4) is 0 Å². The van der Waals surface area contributed by atoms with Crippen molar-refractivity contribution >= 4 is 50.5 Å². The van der Waals surface area contributed by atoms with Gasteiger partial charge in [0.15, 0.2) is 0 Å². The summed E-state index contributed by atoms with van der Waals surface area (Å²) < 4.78 is 11.9. The van der Waals surface area contributed by atoms with E-state index in [1.54, 1.807) is 48.5 Å². The van der Waals surface area contributed by atoms with Crippen LogP contribution in [0.25, 0.3) is 0 Å². The fraction of sp³-hybridized carbons (Fsp3) is 0.125. The average molecular weight is 475 g/mol. The van der Waals surface area contributed by atoms with Crippen LogP contribution in [0.2, 0.25) is 0 Å². The van der Waals surface area contributed by atoms with Crippen molar-refractivity contribution in [2.45, 2.75) is 6.10 Å². The lowest BCUT2D eigenvalue weighted by atomic mass is 10.1. The van der Waals surface area contributed by atoms with Crippen molar-refractivity contribution in [3.05, 3.63) is 67.7 Å². The van der Waals surface area contributed by atoms with Crippen molar-refractivity contribution in [2.75, 3.05) is 7.11 Å². The van der Waals surface area contributed by atoms with Crippen molar-refractivity contribution in [3.8, 4) is 0 Å². The molecule has 114 valence electrons. The van der Waals surface area contributed by atoms with Crippen LogP contribution in [0.4, 0.5) is 0 Å². The molecule has 2 aromatic carbocycles. The molecule has 4 nitrogen and oxygen atoms in total. The van der Waals surface area contributed by atoms with Gasteiger partial charge in [0, 0.05) is 13.6 Å². The highest BCUT2D eigenvalue weighted by molar-refractivity contribution is 14.1.